The average molecular weight is 339 g/mol. The monoisotopic (exact) mass is 338 g/mol. The topological polar surface area (TPSA) is 46.3 Å². The highest BCUT2D eigenvalue weighted by atomic mass is 35.5. The van der Waals surface area contributed by atoms with Crippen molar-refractivity contribution >= 4 is 29.7 Å². The fraction of sp³-hybridized carbons (Fsp3) is 0.353. The summed E-state index contributed by atoms with van der Waals surface area (Å²) in [7, 11) is 1.84. The maximum Gasteiger partial charge on any atom is 0.227 e. The van der Waals surface area contributed by atoms with Crippen LogP contribution in [0.25, 0.3) is 0 Å². The molecule has 0 bridgehead atoms. The fourth-order valence-corrected chi connectivity index (χ4v) is 3.28. The third-order valence-corrected chi connectivity index (χ3v) is 4.85. The van der Waals surface area contributed by atoms with Crippen LogP contribution < -0.4 is 5.73 Å². The predicted molar refractivity (Wildman–Crippen MR) is 95.3 cm³/mol. The number of nitrogens with zero attached hydrogens (tertiary/aromatic N) is 1. The fourth-order valence-electron chi connectivity index (χ4n) is 2.32. The van der Waals surface area contributed by atoms with Crippen LogP contribution in [0.15, 0.2) is 41.8 Å². The highest BCUT2D eigenvalue weighted by Gasteiger charge is 2.25. The van der Waals surface area contributed by atoms with Crippen molar-refractivity contribution in [3.63, 3.8) is 0 Å². The molecule has 3 nitrogen and oxygen atoms in total. The summed E-state index contributed by atoms with van der Waals surface area (Å²) in [6.45, 7) is 4.62. The van der Waals surface area contributed by atoms with Crippen LogP contribution in [0.1, 0.15) is 29.0 Å². The van der Waals surface area contributed by atoms with E-state index in [1.165, 1.54) is 10.4 Å². The van der Waals surface area contributed by atoms with Crippen LogP contribution in [-0.2, 0) is 11.3 Å². The van der Waals surface area contributed by atoms with Gasteiger partial charge in [-0.15, -0.1) is 23.7 Å². The van der Waals surface area contributed by atoms with Crippen LogP contribution in [0.4, 0.5) is 0 Å². The molecule has 120 valence electrons. The summed E-state index contributed by atoms with van der Waals surface area (Å²) < 4.78 is 0. The van der Waals surface area contributed by atoms with Gasteiger partial charge in [-0.1, -0.05) is 37.3 Å². The number of amides is 1. The largest absolute Gasteiger partial charge is 0.340 e. The Labute approximate surface area is 142 Å². The van der Waals surface area contributed by atoms with Gasteiger partial charge in [-0.05, 0) is 29.5 Å². The van der Waals surface area contributed by atoms with Gasteiger partial charge in [0.15, 0.2) is 0 Å². The third kappa shape index (κ3) is 4.32. The second-order valence-corrected chi connectivity index (χ2v) is 6.45. The van der Waals surface area contributed by atoms with E-state index in [9.17, 15) is 4.79 Å². The molecular formula is C17H23ClN2OS. The first kappa shape index (κ1) is 18.7. The number of thiophene rings is 1. The molecule has 1 aromatic carbocycles. The lowest BCUT2D eigenvalue weighted by Crippen LogP contribution is -2.36. The van der Waals surface area contributed by atoms with Crippen LogP contribution in [0, 0.1) is 12.8 Å². The molecule has 1 aromatic heterocycles. The molecule has 2 aromatic rings. The lowest BCUT2D eigenvalue weighted by Gasteiger charge is -2.25. The van der Waals surface area contributed by atoms with Crippen molar-refractivity contribution in [1.82, 2.24) is 4.90 Å². The SMILES string of the molecule is Cc1ccsc1CN(C)C(=O)C(C)C(N)c1ccccc1.Cl. The number of halogens is 1. The quantitative estimate of drug-likeness (QED) is 0.902. The van der Waals surface area contributed by atoms with Crippen molar-refractivity contribution in [2.75, 3.05) is 7.05 Å². The first-order valence-corrected chi connectivity index (χ1v) is 7.97. The van der Waals surface area contributed by atoms with E-state index in [1.807, 2.05) is 44.3 Å². The zero-order valence-electron chi connectivity index (χ0n) is 13.2. The Kier molecular flexibility index (Phi) is 7.07. The molecule has 0 aliphatic carbocycles. The number of hydrogen-bond acceptors (Lipinski definition) is 3. The van der Waals surface area contributed by atoms with E-state index >= 15 is 0 Å². The molecule has 0 saturated heterocycles. The van der Waals surface area contributed by atoms with Gasteiger partial charge in [0.05, 0.1) is 12.5 Å². The third-order valence-electron chi connectivity index (χ3n) is 3.84. The number of hydrogen-bond donors (Lipinski definition) is 1. The molecule has 0 aliphatic heterocycles. The van der Waals surface area contributed by atoms with E-state index in [0.29, 0.717) is 6.54 Å². The summed E-state index contributed by atoms with van der Waals surface area (Å²) in [5, 5.41) is 2.06. The molecule has 1 amide bonds. The van der Waals surface area contributed by atoms with Gasteiger partial charge in [0, 0.05) is 18.0 Å². The first-order valence-electron chi connectivity index (χ1n) is 7.09. The van der Waals surface area contributed by atoms with Crippen LogP contribution in [0.2, 0.25) is 0 Å². The standard InChI is InChI=1S/C17H22N2OS.ClH/c1-12-9-10-21-15(12)11-19(3)17(20)13(2)16(18)14-7-5-4-6-8-14;/h4-10,13,16H,11,18H2,1-3H3;1H. The summed E-state index contributed by atoms with van der Waals surface area (Å²) in [6.07, 6.45) is 0. The summed E-state index contributed by atoms with van der Waals surface area (Å²) in [5.74, 6) is -0.156. The Bertz CT molecular complexity index is 600. The minimum absolute atomic E-state index is 0. The highest BCUT2D eigenvalue weighted by Crippen LogP contribution is 2.23. The Morgan fingerprint density at radius 2 is 1.91 bits per heavy atom. The number of benzene rings is 1. The minimum Gasteiger partial charge on any atom is -0.340 e. The van der Waals surface area contributed by atoms with E-state index in [4.69, 9.17) is 5.73 Å². The molecule has 5 heteroatoms. The Morgan fingerprint density at radius 3 is 2.45 bits per heavy atom. The van der Waals surface area contributed by atoms with Crippen LogP contribution >= 0.6 is 23.7 Å². The molecular weight excluding hydrogens is 316 g/mol. The second-order valence-electron chi connectivity index (χ2n) is 5.45. The first-order chi connectivity index (χ1) is 10.0. The van der Waals surface area contributed by atoms with Crippen LogP contribution in [-0.4, -0.2) is 17.9 Å². The summed E-state index contributed by atoms with van der Waals surface area (Å²) >= 11 is 1.69. The van der Waals surface area contributed by atoms with E-state index in [1.54, 1.807) is 16.2 Å². The molecule has 0 saturated carbocycles. The summed E-state index contributed by atoms with van der Waals surface area (Å²) in [4.78, 5) is 15.5. The lowest BCUT2D eigenvalue weighted by atomic mass is 9.94. The lowest BCUT2D eigenvalue weighted by molar-refractivity contribution is -0.134. The molecule has 2 rings (SSSR count). The molecule has 2 N–H and O–H groups in total. The van der Waals surface area contributed by atoms with E-state index in [2.05, 4.69) is 18.4 Å². The normalized spacial score (nSPS) is 13.1. The highest BCUT2D eigenvalue weighted by molar-refractivity contribution is 7.10. The number of rotatable bonds is 5. The van der Waals surface area contributed by atoms with Crippen molar-refractivity contribution in [1.29, 1.82) is 0 Å². The van der Waals surface area contributed by atoms with E-state index in [-0.39, 0.29) is 30.3 Å². The second kappa shape index (κ2) is 8.32. The summed E-state index contributed by atoms with van der Waals surface area (Å²) in [6, 6.07) is 11.6. The molecule has 0 fully saturated rings. The molecule has 2 atom stereocenters. The van der Waals surface area contributed by atoms with Gasteiger partial charge in [0.2, 0.25) is 5.91 Å². The molecule has 0 aliphatic rings. The van der Waals surface area contributed by atoms with Crippen molar-refractivity contribution in [2.45, 2.75) is 26.4 Å². The van der Waals surface area contributed by atoms with Gasteiger partial charge >= 0.3 is 0 Å². The van der Waals surface area contributed by atoms with Crippen molar-refractivity contribution in [3.05, 3.63) is 57.8 Å². The maximum atomic E-state index is 12.5. The molecule has 2 unspecified atom stereocenters. The van der Waals surface area contributed by atoms with E-state index in [0.717, 1.165) is 5.56 Å². The van der Waals surface area contributed by atoms with Crippen molar-refractivity contribution < 1.29 is 4.79 Å². The van der Waals surface area contributed by atoms with Gasteiger partial charge < -0.3 is 10.6 Å². The van der Waals surface area contributed by atoms with Crippen molar-refractivity contribution in [3.8, 4) is 0 Å². The molecule has 1 heterocycles. The Hall–Kier alpha value is -1.36. The smallest absolute Gasteiger partial charge is 0.227 e. The average Bonchev–Trinajstić information content (AvgIpc) is 2.91. The van der Waals surface area contributed by atoms with Crippen LogP contribution in [0.3, 0.4) is 0 Å². The number of nitrogens with two attached hydrogens (primary N) is 1. The Balaban J connectivity index is 0.00000242. The zero-order chi connectivity index (χ0) is 15.4. The molecule has 0 radical (unpaired) electrons. The van der Waals surface area contributed by atoms with Crippen molar-refractivity contribution in [2.24, 2.45) is 11.7 Å². The molecule has 22 heavy (non-hydrogen) atoms. The van der Waals surface area contributed by atoms with E-state index < -0.39 is 0 Å². The van der Waals surface area contributed by atoms with Gasteiger partial charge in [0.1, 0.15) is 0 Å². The number of carbonyl (C=O) groups excluding carboxylic acids is 1. The van der Waals surface area contributed by atoms with Crippen LogP contribution in [0.5, 0.6) is 0 Å². The predicted octanol–water partition coefficient (Wildman–Crippen LogP) is 3.77. The minimum atomic E-state index is -0.273. The zero-order valence-corrected chi connectivity index (χ0v) is 14.8. The maximum absolute atomic E-state index is 12.5. The van der Waals surface area contributed by atoms with Gasteiger partial charge in [-0.2, -0.15) is 0 Å². The number of aryl methyl sites for hydroxylation is 1. The summed E-state index contributed by atoms with van der Waals surface area (Å²) in [5.41, 5.74) is 8.47. The van der Waals surface area contributed by atoms with Gasteiger partial charge in [0.25, 0.3) is 0 Å². The Morgan fingerprint density at radius 1 is 1.27 bits per heavy atom. The van der Waals surface area contributed by atoms with Gasteiger partial charge in [-0.25, -0.2) is 0 Å². The van der Waals surface area contributed by atoms with Gasteiger partial charge in [-0.3, -0.25) is 4.79 Å². The molecule has 0 spiro atoms. The number of carbonyl (C=O) groups is 1.